The molecule has 0 fully saturated rings. The van der Waals surface area contributed by atoms with Gasteiger partial charge in [-0.05, 0) is 62.6 Å². The van der Waals surface area contributed by atoms with Crippen molar-refractivity contribution < 1.29 is 9.59 Å². The molecule has 0 saturated heterocycles. The van der Waals surface area contributed by atoms with E-state index in [0.717, 1.165) is 28.9 Å². The molecular weight excluding hydrogens is 376 g/mol. The Labute approximate surface area is 170 Å². The highest BCUT2D eigenvalue weighted by Crippen LogP contribution is 2.26. The first kappa shape index (κ1) is 21.4. The van der Waals surface area contributed by atoms with E-state index in [1.54, 1.807) is 12.1 Å². The van der Waals surface area contributed by atoms with Gasteiger partial charge in [-0.15, -0.1) is 0 Å². The summed E-state index contributed by atoms with van der Waals surface area (Å²) in [5.74, 6) is -1.53. The average Bonchev–Trinajstić information content (AvgIpc) is 2.66. The van der Waals surface area contributed by atoms with Gasteiger partial charge in [0.2, 0.25) is 0 Å². The van der Waals surface area contributed by atoms with Crippen molar-refractivity contribution in [1.82, 2.24) is 10.7 Å². The number of nitrogens with one attached hydrogen (secondary N) is 3. The van der Waals surface area contributed by atoms with Gasteiger partial charge in [0.05, 0.1) is 6.21 Å². The number of halogens is 1. The molecule has 0 heterocycles. The van der Waals surface area contributed by atoms with Crippen molar-refractivity contribution in [2.45, 2.75) is 40.2 Å². The van der Waals surface area contributed by atoms with Gasteiger partial charge in [-0.25, -0.2) is 5.43 Å². The van der Waals surface area contributed by atoms with Crippen molar-refractivity contribution in [3.05, 3.63) is 58.1 Å². The molecular formula is C21H25ClN4O2. The summed E-state index contributed by atoms with van der Waals surface area (Å²) in [6.07, 6.45) is 2.19. The van der Waals surface area contributed by atoms with Crippen LogP contribution < -0.4 is 16.1 Å². The van der Waals surface area contributed by atoms with Crippen molar-refractivity contribution in [3.8, 4) is 0 Å². The zero-order valence-electron chi connectivity index (χ0n) is 16.5. The van der Waals surface area contributed by atoms with E-state index in [4.69, 9.17) is 11.6 Å². The number of hydrogen-bond acceptors (Lipinski definition) is 4. The van der Waals surface area contributed by atoms with E-state index in [9.17, 15) is 9.59 Å². The minimum absolute atomic E-state index is 0.0801. The molecule has 0 saturated carbocycles. The maximum Gasteiger partial charge on any atom is 0.329 e. The number of benzene rings is 2. The normalized spacial score (nSPS) is 11.9. The van der Waals surface area contributed by atoms with Crippen LogP contribution in [0.4, 0.5) is 11.4 Å². The van der Waals surface area contributed by atoms with Gasteiger partial charge < -0.3 is 10.6 Å². The molecule has 0 radical (unpaired) electrons. The number of nitrogens with zero attached hydrogens (tertiary/aromatic N) is 1. The van der Waals surface area contributed by atoms with Crippen molar-refractivity contribution in [2.24, 2.45) is 5.10 Å². The lowest BCUT2D eigenvalue weighted by atomic mass is 10.1. The van der Waals surface area contributed by atoms with E-state index in [0.29, 0.717) is 10.6 Å². The topological polar surface area (TPSA) is 82.6 Å². The third-order valence-corrected chi connectivity index (χ3v) is 4.48. The van der Waals surface area contributed by atoms with E-state index in [1.807, 2.05) is 52.0 Å². The minimum atomic E-state index is -0.817. The van der Waals surface area contributed by atoms with Crippen LogP contribution in [0.3, 0.4) is 0 Å². The molecule has 2 aromatic rings. The van der Waals surface area contributed by atoms with E-state index < -0.39 is 11.8 Å². The largest absolute Gasteiger partial charge is 0.355 e. The summed E-state index contributed by atoms with van der Waals surface area (Å²) in [5.41, 5.74) is 6.89. The quantitative estimate of drug-likeness (QED) is 0.388. The lowest BCUT2D eigenvalue weighted by Crippen LogP contribution is -2.41. The molecule has 0 aromatic heterocycles. The maximum atomic E-state index is 11.8. The summed E-state index contributed by atoms with van der Waals surface area (Å²) >= 11 is 6.10. The summed E-state index contributed by atoms with van der Waals surface area (Å²) < 4.78 is 0. The second-order valence-corrected chi connectivity index (χ2v) is 7.09. The number of aryl methyl sites for hydroxylation is 2. The van der Waals surface area contributed by atoms with Crippen LogP contribution in [0.5, 0.6) is 0 Å². The third-order valence-electron chi connectivity index (χ3n) is 4.24. The van der Waals surface area contributed by atoms with Gasteiger partial charge in [-0.3, -0.25) is 9.59 Å². The molecule has 0 aliphatic heterocycles. The smallest absolute Gasteiger partial charge is 0.329 e. The summed E-state index contributed by atoms with van der Waals surface area (Å²) in [4.78, 5) is 23.6. The number of rotatable bonds is 6. The SMILES string of the molecule is CC[C@@H](C)NC(=O)C(=O)N/N=C\c1cc(Cl)ccc1Nc1cc(C)ccc1C. The zero-order valence-corrected chi connectivity index (χ0v) is 17.2. The Morgan fingerprint density at radius 2 is 1.86 bits per heavy atom. The summed E-state index contributed by atoms with van der Waals surface area (Å²) in [5, 5.41) is 10.4. The highest BCUT2D eigenvalue weighted by atomic mass is 35.5. The van der Waals surface area contributed by atoms with Crippen LogP contribution in [0, 0.1) is 13.8 Å². The summed E-state index contributed by atoms with van der Waals surface area (Å²) in [7, 11) is 0. The Bertz CT molecular complexity index is 896. The van der Waals surface area contributed by atoms with E-state index in [-0.39, 0.29) is 6.04 Å². The van der Waals surface area contributed by atoms with Gasteiger partial charge in [-0.1, -0.05) is 30.7 Å². The van der Waals surface area contributed by atoms with Crippen LogP contribution in [0.15, 0.2) is 41.5 Å². The van der Waals surface area contributed by atoms with Crippen LogP contribution in [0.25, 0.3) is 0 Å². The van der Waals surface area contributed by atoms with Gasteiger partial charge in [0, 0.05) is 28.0 Å². The molecule has 2 aromatic carbocycles. The van der Waals surface area contributed by atoms with Gasteiger partial charge in [-0.2, -0.15) is 5.10 Å². The fourth-order valence-electron chi connectivity index (χ4n) is 2.37. The van der Waals surface area contributed by atoms with Crippen LogP contribution in [-0.2, 0) is 9.59 Å². The van der Waals surface area contributed by atoms with E-state index in [2.05, 4.69) is 21.2 Å². The van der Waals surface area contributed by atoms with Gasteiger partial charge in [0.1, 0.15) is 0 Å². The first-order valence-electron chi connectivity index (χ1n) is 9.08. The molecule has 0 aliphatic carbocycles. The molecule has 0 unspecified atom stereocenters. The molecule has 28 heavy (non-hydrogen) atoms. The average molecular weight is 401 g/mol. The molecule has 0 bridgehead atoms. The lowest BCUT2D eigenvalue weighted by molar-refractivity contribution is -0.139. The molecule has 3 N–H and O–H groups in total. The van der Waals surface area contributed by atoms with Crippen molar-refractivity contribution in [1.29, 1.82) is 0 Å². The van der Waals surface area contributed by atoms with E-state index in [1.165, 1.54) is 6.21 Å². The van der Waals surface area contributed by atoms with Crippen LogP contribution in [0.1, 0.15) is 37.0 Å². The van der Waals surface area contributed by atoms with Crippen LogP contribution >= 0.6 is 11.6 Å². The highest BCUT2D eigenvalue weighted by molar-refractivity contribution is 6.35. The lowest BCUT2D eigenvalue weighted by Gasteiger charge is -2.13. The van der Waals surface area contributed by atoms with Crippen molar-refractivity contribution in [3.63, 3.8) is 0 Å². The highest BCUT2D eigenvalue weighted by Gasteiger charge is 2.14. The minimum Gasteiger partial charge on any atom is -0.355 e. The second kappa shape index (κ2) is 9.90. The van der Waals surface area contributed by atoms with Gasteiger partial charge in [0.25, 0.3) is 0 Å². The predicted molar refractivity (Wildman–Crippen MR) is 114 cm³/mol. The zero-order chi connectivity index (χ0) is 20.7. The summed E-state index contributed by atoms with van der Waals surface area (Å²) in [6, 6.07) is 11.4. The van der Waals surface area contributed by atoms with Crippen LogP contribution in [0.2, 0.25) is 5.02 Å². The maximum absolute atomic E-state index is 11.8. The predicted octanol–water partition coefficient (Wildman–Crippen LogP) is 4.07. The number of hydrazone groups is 1. The van der Waals surface area contributed by atoms with Crippen molar-refractivity contribution >= 4 is 41.0 Å². The Balaban J connectivity index is 2.14. The fraction of sp³-hybridized carbons (Fsp3) is 0.286. The Hall–Kier alpha value is -2.86. The first-order valence-corrected chi connectivity index (χ1v) is 9.45. The van der Waals surface area contributed by atoms with Gasteiger partial charge >= 0.3 is 11.8 Å². The molecule has 1 atom stereocenters. The molecule has 2 rings (SSSR count). The number of carbonyl (C=O) groups excluding carboxylic acids is 2. The molecule has 148 valence electrons. The third kappa shape index (κ3) is 6.09. The Morgan fingerprint density at radius 1 is 1.11 bits per heavy atom. The fourth-order valence-corrected chi connectivity index (χ4v) is 2.55. The second-order valence-electron chi connectivity index (χ2n) is 6.66. The molecule has 2 amide bonds. The van der Waals surface area contributed by atoms with E-state index >= 15 is 0 Å². The standard InChI is InChI=1S/C21H25ClN4O2/c1-5-15(4)24-20(27)21(28)26-23-12-16-11-17(22)8-9-18(16)25-19-10-13(2)6-7-14(19)3/h6-12,15,25H,5H2,1-4H3,(H,24,27)(H,26,28)/b23-12-/t15-/m1/s1. The number of anilines is 2. The molecule has 0 spiro atoms. The molecule has 6 nitrogen and oxygen atoms in total. The van der Waals surface area contributed by atoms with Crippen LogP contribution in [-0.4, -0.2) is 24.1 Å². The summed E-state index contributed by atoms with van der Waals surface area (Å²) in [6.45, 7) is 7.78. The van der Waals surface area contributed by atoms with Crippen molar-refractivity contribution in [2.75, 3.05) is 5.32 Å². The molecule has 7 heteroatoms. The first-order chi connectivity index (χ1) is 13.3. The molecule has 0 aliphatic rings. The Morgan fingerprint density at radius 3 is 2.57 bits per heavy atom. The Kier molecular flexibility index (Phi) is 7.58. The number of hydrogen-bond donors (Lipinski definition) is 3. The number of carbonyl (C=O) groups is 2. The monoisotopic (exact) mass is 400 g/mol. The number of amides is 2. The van der Waals surface area contributed by atoms with Gasteiger partial charge in [0.15, 0.2) is 0 Å².